The van der Waals surface area contributed by atoms with Crippen LogP contribution in [0.15, 0.2) is 89.5 Å². The van der Waals surface area contributed by atoms with E-state index in [4.69, 9.17) is 4.74 Å². The lowest BCUT2D eigenvalue weighted by molar-refractivity contribution is 0.122. The molecule has 0 bridgehead atoms. The van der Waals surface area contributed by atoms with Crippen molar-refractivity contribution in [1.29, 1.82) is 0 Å². The van der Waals surface area contributed by atoms with Crippen molar-refractivity contribution in [1.82, 2.24) is 14.1 Å². The van der Waals surface area contributed by atoms with Gasteiger partial charge in [-0.3, -0.25) is 0 Å². The lowest BCUT2D eigenvalue weighted by Gasteiger charge is -2.46. The van der Waals surface area contributed by atoms with Gasteiger partial charge in [-0.1, -0.05) is 17.7 Å². The summed E-state index contributed by atoms with van der Waals surface area (Å²) in [6, 6.07) is 21.1. The van der Waals surface area contributed by atoms with Gasteiger partial charge in [-0.2, -0.15) is 5.10 Å². The van der Waals surface area contributed by atoms with Crippen molar-refractivity contribution in [3.63, 3.8) is 0 Å². The molecular formula is C33H32F2N4O2S. The van der Waals surface area contributed by atoms with E-state index >= 15 is 0 Å². The maximum atomic E-state index is 14.0. The number of nitrogens with zero attached hydrogens (tertiary/aromatic N) is 4. The molecule has 2 fully saturated rings. The van der Waals surface area contributed by atoms with Gasteiger partial charge < -0.3 is 9.64 Å². The fourth-order valence-corrected chi connectivity index (χ4v) is 7.82. The van der Waals surface area contributed by atoms with Crippen molar-refractivity contribution in [2.75, 3.05) is 44.3 Å². The Balaban J connectivity index is 1.19. The Morgan fingerprint density at radius 3 is 2.24 bits per heavy atom. The molecule has 3 aliphatic rings. The first-order valence-electron chi connectivity index (χ1n) is 14.4. The summed E-state index contributed by atoms with van der Waals surface area (Å²) in [4.78, 5) is 3.08. The lowest BCUT2D eigenvalue weighted by atomic mass is 9.66. The van der Waals surface area contributed by atoms with Crippen LogP contribution in [0, 0.1) is 17.0 Å². The maximum Gasteiger partial charge on any atom is 0.127 e. The molecule has 6 nitrogen and oxygen atoms in total. The maximum absolute atomic E-state index is 14.0. The average molecular weight is 587 g/mol. The molecular weight excluding hydrogens is 554 g/mol. The van der Waals surface area contributed by atoms with Crippen LogP contribution in [0.2, 0.25) is 0 Å². The summed E-state index contributed by atoms with van der Waals surface area (Å²) in [5, 5.41) is 4.67. The first kappa shape index (κ1) is 27.2. The zero-order valence-corrected chi connectivity index (χ0v) is 24.0. The van der Waals surface area contributed by atoms with E-state index in [1.165, 1.54) is 29.8 Å². The van der Waals surface area contributed by atoms with E-state index in [1.807, 2.05) is 35.1 Å². The molecule has 2 atom stereocenters. The van der Waals surface area contributed by atoms with Crippen molar-refractivity contribution in [2.45, 2.75) is 24.2 Å². The molecule has 9 heteroatoms. The Bertz CT molecular complexity index is 1630. The van der Waals surface area contributed by atoms with Gasteiger partial charge >= 0.3 is 0 Å². The highest BCUT2D eigenvalue weighted by Crippen LogP contribution is 2.47. The number of halogens is 2. The minimum atomic E-state index is -1.32. The molecule has 0 amide bonds. The van der Waals surface area contributed by atoms with Gasteiger partial charge in [0.25, 0.3) is 0 Å². The van der Waals surface area contributed by atoms with Crippen LogP contribution in [0.1, 0.15) is 23.2 Å². The molecule has 0 radical (unpaired) electrons. The monoisotopic (exact) mass is 586 g/mol. The first-order chi connectivity index (χ1) is 20.5. The Hall–Kier alpha value is -3.66. The van der Waals surface area contributed by atoms with Gasteiger partial charge in [-0.05, 0) is 97.1 Å². The van der Waals surface area contributed by atoms with Gasteiger partial charge in [-0.25, -0.2) is 22.0 Å². The van der Waals surface area contributed by atoms with E-state index in [0.29, 0.717) is 19.5 Å². The molecule has 7 rings (SSSR count). The fraction of sp³-hybridized carbons (Fsp3) is 0.303. The highest BCUT2D eigenvalue weighted by Gasteiger charge is 2.44. The Morgan fingerprint density at radius 2 is 1.52 bits per heavy atom. The Kier molecular flexibility index (Phi) is 7.25. The smallest absolute Gasteiger partial charge is 0.127 e. The molecule has 1 aromatic heterocycles. The van der Waals surface area contributed by atoms with Gasteiger partial charge in [0.1, 0.15) is 22.6 Å². The van der Waals surface area contributed by atoms with Gasteiger partial charge in [0.05, 0.1) is 35.7 Å². The molecule has 3 heterocycles. The zero-order valence-electron chi connectivity index (χ0n) is 23.2. The number of fused-ring (bicyclic) bond motifs is 2. The zero-order chi connectivity index (χ0) is 28.7. The predicted octanol–water partition coefficient (Wildman–Crippen LogP) is 5.58. The summed E-state index contributed by atoms with van der Waals surface area (Å²) in [6.07, 6.45) is 6.28. The molecule has 0 spiro atoms. The highest BCUT2D eigenvalue weighted by molar-refractivity contribution is 7.82. The molecule has 2 aliphatic heterocycles. The summed E-state index contributed by atoms with van der Waals surface area (Å²) in [6.45, 7) is 4.42. The third-order valence-electron chi connectivity index (χ3n) is 8.69. The predicted molar refractivity (Wildman–Crippen MR) is 160 cm³/mol. The van der Waals surface area contributed by atoms with E-state index in [1.54, 1.807) is 12.1 Å². The van der Waals surface area contributed by atoms with E-state index in [0.717, 1.165) is 72.2 Å². The molecule has 2 saturated heterocycles. The van der Waals surface area contributed by atoms with Crippen molar-refractivity contribution >= 4 is 22.7 Å². The van der Waals surface area contributed by atoms with Gasteiger partial charge in [0.2, 0.25) is 0 Å². The third kappa shape index (κ3) is 5.21. The quantitative estimate of drug-likeness (QED) is 0.296. The number of ether oxygens (including phenoxy) is 1. The van der Waals surface area contributed by atoms with Crippen molar-refractivity contribution in [3.05, 3.63) is 113 Å². The second kappa shape index (κ2) is 11.2. The largest absolute Gasteiger partial charge is 0.378 e. The van der Waals surface area contributed by atoms with E-state index in [9.17, 15) is 13.0 Å². The van der Waals surface area contributed by atoms with E-state index in [2.05, 4.69) is 32.5 Å². The fourth-order valence-electron chi connectivity index (χ4n) is 6.53. The third-order valence-corrected chi connectivity index (χ3v) is 10.1. The SMILES string of the molecule is O=S(c1ccc(N2CCOCC2)cc1)N1CCC2=Cc3c(cnn3-c3ccc(F)cc3)CC2(Cc2ccc(F)cc2)C1. The first-order valence-corrected chi connectivity index (χ1v) is 15.5. The van der Waals surface area contributed by atoms with Crippen LogP contribution in [0.5, 0.6) is 0 Å². The van der Waals surface area contributed by atoms with Gasteiger partial charge in [-0.15, -0.1) is 0 Å². The Morgan fingerprint density at radius 1 is 0.857 bits per heavy atom. The van der Waals surface area contributed by atoms with E-state index in [-0.39, 0.29) is 17.0 Å². The van der Waals surface area contributed by atoms with Crippen molar-refractivity contribution < 1.29 is 17.7 Å². The minimum Gasteiger partial charge on any atom is -0.378 e. The molecule has 2 unspecified atom stereocenters. The molecule has 4 aromatic rings. The number of rotatable bonds is 6. The highest BCUT2D eigenvalue weighted by atomic mass is 32.2. The number of hydrogen-bond donors (Lipinski definition) is 0. The molecule has 0 N–H and O–H groups in total. The van der Waals surface area contributed by atoms with Crippen LogP contribution < -0.4 is 4.90 Å². The van der Waals surface area contributed by atoms with E-state index < -0.39 is 11.0 Å². The molecule has 0 saturated carbocycles. The summed E-state index contributed by atoms with van der Waals surface area (Å²) in [5.41, 5.74) is 6.02. The van der Waals surface area contributed by atoms with Crippen molar-refractivity contribution in [2.24, 2.45) is 5.41 Å². The molecule has 3 aromatic carbocycles. The van der Waals surface area contributed by atoms with Crippen LogP contribution in [-0.4, -0.2) is 57.7 Å². The van der Waals surface area contributed by atoms with Gasteiger partial charge in [0.15, 0.2) is 0 Å². The standard InChI is InChI=1S/C33H32F2N4O2S/c34-27-3-1-24(2-4-27)20-33-21-25-22-36-39(30-7-5-28(35)6-8-30)32(25)19-26(33)13-14-38(23-33)42(40)31-11-9-29(10-12-31)37-15-17-41-18-16-37/h1-12,19,22H,13-18,20-21,23H2. The second-order valence-electron chi connectivity index (χ2n) is 11.3. The number of benzene rings is 3. The number of piperidine rings is 1. The number of hydrogen-bond acceptors (Lipinski definition) is 4. The number of aromatic nitrogens is 2. The second-order valence-corrected chi connectivity index (χ2v) is 12.8. The minimum absolute atomic E-state index is 0.259. The molecule has 216 valence electrons. The number of morpholine rings is 1. The Labute approximate surface area is 246 Å². The average Bonchev–Trinajstić information content (AvgIpc) is 3.43. The summed E-state index contributed by atoms with van der Waals surface area (Å²) in [5.74, 6) is -0.544. The normalized spacial score (nSPS) is 21.4. The van der Waals surface area contributed by atoms with Crippen LogP contribution in [0.4, 0.5) is 14.5 Å². The summed E-state index contributed by atoms with van der Waals surface area (Å²) in [7, 11) is -1.32. The van der Waals surface area contributed by atoms with Crippen LogP contribution in [0.25, 0.3) is 11.8 Å². The topological polar surface area (TPSA) is 50.6 Å². The lowest BCUT2D eigenvalue weighted by Crippen LogP contribution is -2.48. The summed E-state index contributed by atoms with van der Waals surface area (Å²) >= 11 is 0. The van der Waals surface area contributed by atoms with Crippen LogP contribution >= 0.6 is 0 Å². The van der Waals surface area contributed by atoms with Gasteiger partial charge in [0, 0.05) is 37.3 Å². The molecule has 42 heavy (non-hydrogen) atoms. The summed E-state index contributed by atoms with van der Waals surface area (Å²) < 4.78 is 50.8. The molecule has 1 aliphatic carbocycles. The van der Waals surface area contributed by atoms with Crippen LogP contribution in [0.3, 0.4) is 0 Å². The van der Waals surface area contributed by atoms with Crippen molar-refractivity contribution in [3.8, 4) is 5.69 Å². The van der Waals surface area contributed by atoms with Crippen LogP contribution in [-0.2, 0) is 28.6 Å². The number of anilines is 1.